The SMILES string of the molecule is CC.Cn1cc2c(F)c(-c3ccc(F)c4c3CCN(C(Cc3cnn(C(F)F)c3)C(=O)NC(C)(C)Cn3nc(C(F)(F)F)cc3-c3ccc(=O)n(C)c3)C4=O)ncc2n1. The van der Waals surface area contributed by atoms with Crippen molar-refractivity contribution >= 4 is 22.7 Å². The number of carbonyl (C=O) groups is 2. The van der Waals surface area contributed by atoms with E-state index < -0.39 is 64.6 Å². The molecule has 0 aliphatic carbocycles. The van der Waals surface area contributed by atoms with Crippen LogP contribution in [0.15, 0.2) is 66.1 Å². The van der Waals surface area contributed by atoms with Crippen molar-refractivity contribution in [2.75, 3.05) is 6.54 Å². The average Bonchev–Trinajstić information content (AvgIpc) is 3.92. The van der Waals surface area contributed by atoms with Crippen LogP contribution in [0.25, 0.3) is 33.4 Å². The molecular formula is C39H39F7N10O3. The minimum absolute atomic E-state index is 0.0149. The Morgan fingerprint density at radius 1 is 0.966 bits per heavy atom. The number of aromatic nitrogens is 8. The molecule has 1 aliphatic rings. The molecule has 1 aromatic carbocycles. The van der Waals surface area contributed by atoms with Gasteiger partial charge in [0.25, 0.3) is 5.91 Å². The monoisotopic (exact) mass is 828 g/mol. The molecule has 6 heterocycles. The summed E-state index contributed by atoms with van der Waals surface area (Å²) in [6.45, 7) is 3.42. The molecule has 0 saturated heterocycles. The quantitative estimate of drug-likeness (QED) is 0.160. The number of halogens is 7. The number of carbonyl (C=O) groups excluding carboxylic acids is 2. The first-order chi connectivity index (χ1) is 27.8. The van der Waals surface area contributed by atoms with Crippen molar-refractivity contribution in [2.45, 2.75) is 71.4 Å². The molecule has 20 heteroatoms. The molecule has 2 amide bonds. The van der Waals surface area contributed by atoms with E-state index in [-0.39, 0.29) is 70.5 Å². The van der Waals surface area contributed by atoms with Gasteiger partial charge in [0.05, 0.1) is 41.1 Å². The maximum absolute atomic E-state index is 15.8. The summed E-state index contributed by atoms with van der Waals surface area (Å²) in [5, 5.41) is 14.4. The molecule has 1 aliphatic heterocycles. The minimum atomic E-state index is -4.84. The lowest BCUT2D eigenvalue weighted by atomic mass is 9.89. The lowest BCUT2D eigenvalue weighted by Crippen LogP contribution is -2.58. The summed E-state index contributed by atoms with van der Waals surface area (Å²) in [5.74, 6) is -3.49. The molecule has 0 fully saturated rings. The predicted octanol–water partition coefficient (Wildman–Crippen LogP) is 6.32. The summed E-state index contributed by atoms with van der Waals surface area (Å²) in [4.78, 5) is 45.9. The maximum atomic E-state index is 15.8. The summed E-state index contributed by atoms with van der Waals surface area (Å²) in [7, 11) is 3.03. The van der Waals surface area contributed by atoms with Gasteiger partial charge in [-0.25, -0.2) is 13.5 Å². The van der Waals surface area contributed by atoms with Crippen molar-refractivity contribution in [3.8, 4) is 22.5 Å². The average molecular weight is 829 g/mol. The normalized spacial score (nSPS) is 13.7. The number of benzene rings is 1. The zero-order chi connectivity index (χ0) is 43.1. The molecule has 312 valence electrons. The number of fused-ring (bicyclic) bond motifs is 2. The fourth-order valence-electron chi connectivity index (χ4n) is 7.02. The first kappa shape index (κ1) is 42.3. The Balaban J connectivity index is 0.00000288. The molecule has 1 atom stereocenters. The Morgan fingerprint density at radius 2 is 1.69 bits per heavy atom. The second-order valence-electron chi connectivity index (χ2n) is 14.4. The third-order valence-electron chi connectivity index (χ3n) is 9.63. The molecule has 6 aromatic rings. The first-order valence-electron chi connectivity index (χ1n) is 18.4. The summed E-state index contributed by atoms with van der Waals surface area (Å²) in [6, 6.07) is 4.14. The van der Waals surface area contributed by atoms with Crippen molar-refractivity contribution in [2.24, 2.45) is 14.1 Å². The number of hydrogen-bond donors (Lipinski definition) is 1. The molecule has 0 radical (unpaired) electrons. The number of nitrogens with zero attached hydrogens (tertiary/aromatic N) is 9. The van der Waals surface area contributed by atoms with Gasteiger partial charge in [0.15, 0.2) is 11.5 Å². The second-order valence-corrected chi connectivity index (χ2v) is 14.4. The molecule has 1 unspecified atom stereocenters. The van der Waals surface area contributed by atoms with Crippen molar-refractivity contribution in [3.05, 3.63) is 106 Å². The summed E-state index contributed by atoms with van der Waals surface area (Å²) in [6.07, 6.45) is 0.936. The number of aryl methyl sites for hydroxylation is 2. The highest BCUT2D eigenvalue weighted by Crippen LogP contribution is 2.36. The van der Waals surface area contributed by atoms with Crippen LogP contribution in [-0.4, -0.2) is 73.7 Å². The van der Waals surface area contributed by atoms with Gasteiger partial charge in [-0.3, -0.25) is 28.7 Å². The van der Waals surface area contributed by atoms with Crippen LogP contribution in [0.1, 0.15) is 61.4 Å². The van der Waals surface area contributed by atoms with Crippen LogP contribution < -0.4 is 10.9 Å². The van der Waals surface area contributed by atoms with Gasteiger partial charge in [-0.15, -0.1) is 0 Å². The zero-order valence-corrected chi connectivity index (χ0v) is 32.7. The number of alkyl halides is 5. The van der Waals surface area contributed by atoms with Crippen LogP contribution in [-0.2, 0) is 44.5 Å². The van der Waals surface area contributed by atoms with Crippen molar-refractivity contribution in [1.82, 2.24) is 49.1 Å². The smallest absolute Gasteiger partial charge is 0.348 e. The third-order valence-corrected chi connectivity index (χ3v) is 9.63. The topological polar surface area (TPSA) is 138 Å². The van der Waals surface area contributed by atoms with E-state index in [4.69, 9.17) is 0 Å². The molecule has 0 saturated carbocycles. The number of amides is 2. The van der Waals surface area contributed by atoms with Gasteiger partial charge < -0.3 is 14.8 Å². The van der Waals surface area contributed by atoms with Crippen LogP contribution in [0.4, 0.5) is 30.7 Å². The molecule has 0 bridgehead atoms. The van der Waals surface area contributed by atoms with E-state index in [2.05, 4.69) is 25.6 Å². The molecule has 5 aromatic heterocycles. The van der Waals surface area contributed by atoms with Gasteiger partial charge in [0.1, 0.15) is 23.1 Å². The van der Waals surface area contributed by atoms with E-state index in [9.17, 15) is 36.3 Å². The van der Waals surface area contributed by atoms with Crippen molar-refractivity contribution in [1.29, 1.82) is 0 Å². The standard InChI is InChI=1S/C37H33F7N10O3.C2H6/c1-36(2,18-54-26(12-28(49-54)37(42,43)44)20-5-8-29(55)50(3)16-20)47-33(56)27(11-19-13-46-53(15-19)35(40)41)52-10-9-21-22(6-7-24(38)30(21)34(52)57)32-31(39)23-17-51(4)48-25(23)14-45-32;1-2/h5-8,12-17,27,35H,9-11,18H2,1-4H3,(H,47,56);1-2H3. The van der Waals surface area contributed by atoms with E-state index in [0.717, 1.165) is 34.1 Å². The Hall–Kier alpha value is -6.34. The van der Waals surface area contributed by atoms with Gasteiger partial charge >= 0.3 is 12.7 Å². The second kappa shape index (κ2) is 16.1. The summed E-state index contributed by atoms with van der Waals surface area (Å²) >= 11 is 0. The van der Waals surface area contributed by atoms with Gasteiger partial charge in [0.2, 0.25) is 11.5 Å². The third kappa shape index (κ3) is 8.47. The Morgan fingerprint density at radius 3 is 2.36 bits per heavy atom. The van der Waals surface area contributed by atoms with E-state index in [0.29, 0.717) is 4.68 Å². The highest BCUT2D eigenvalue weighted by Gasteiger charge is 2.40. The fraction of sp³-hybridized carbons (Fsp3) is 0.359. The van der Waals surface area contributed by atoms with Crippen LogP contribution in [0, 0.1) is 11.6 Å². The Labute approximate surface area is 332 Å². The zero-order valence-electron chi connectivity index (χ0n) is 32.7. The van der Waals surface area contributed by atoms with Crippen molar-refractivity contribution < 1.29 is 40.3 Å². The molecule has 1 N–H and O–H groups in total. The van der Waals surface area contributed by atoms with Crippen LogP contribution in [0.5, 0.6) is 0 Å². The highest BCUT2D eigenvalue weighted by molar-refractivity contribution is 6.02. The van der Waals surface area contributed by atoms with Gasteiger partial charge in [-0.2, -0.15) is 37.2 Å². The molecular weight excluding hydrogens is 789 g/mol. The van der Waals surface area contributed by atoms with Crippen molar-refractivity contribution in [3.63, 3.8) is 0 Å². The lowest BCUT2D eigenvalue weighted by Gasteiger charge is -2.37. The van der Waals surface area contributed by atoms with Gasteiger partial charge in [-0.05, 0) is 55.7 Å². The molecule has 59 heavy (non-hydrogen) atoms. The minimum Gasteiger partial charge on any atom is -0.348 e. The number of pyridine rings is 2. The number of nitrogens with one attached hydrogen (secondary N) is 1. The molecule has 7 rings (SSSR count). The van der Waals surface area contributed by atoms with E-state index in [1.165, 1.54) is 66.9 Å². The van der Waals surface area contributed by atoms with Crippen LogP contribution in [0.2, 0.25) is 0 Å². The molecule has 0 spiro atoms. The van der Waals surface area contributed by atoms with Gasteiger partial charge in [-0.1, -0.05) is 13.8 Å². The van der Waals surface area contributed by atoms with E-state index >= 15 is 8.78 Å². The lowest BCUT2D eigenvalue weighted by molar-refractivity contribution is -0.141. The summed E-state index contributed by atoms with van der Waals surface area (Å²) in [5.41, 5.74) is -2.71. The van der Waals surface area contributed by atoms with E-state index in [1.807, 2.05) is 13.8 Å². The Bertz CT molecular complexity index is 2610. The fourth-order valence-corrected chi connectivity index (χ4v) is 7.02. The molecule has 13 nitrogen and oxygen atoms in total. The van der Waals surface area contributed by atoms with Crippen LogP contribution >= 0.6 is 0 Å². The predicted molar refractivity (Wildman–Crippen MR) is 201 cm³/mol. The number of hydrogen-bond acceptors (Lipinski definition) is 7. The first-order valence-corrected chi connectivity index (χ1v) is 18.4. The van der Waals surface area contributed by atoms with Crippen LogP contribution in [0.3, 0.4) is 0 Å². The number of rotatable bonds is 10. The van der Waals surface area contributed by atoms with Gasteiger partial charge in [0, 0.05) is 62.8 Å². The Kier molecular flexibility index (Phi) is 11.6. The van der Waals surface area contributed by atoms with E-state index in [1.54, 1.807) is 7.05 Å². The highest BCUT2D eigenvalue weighted by atomic mass is 19.4. The summed E-state index contributed by atoms with van der Waals surface area (Å²) < 4.78 is 104. The largest absolute Gasteiger partial charge is 0.435 e. The maximum Gasteiger partial charge on any atom is 0.435 e.